The summed E-state index contributed by atoms with van der Waals surface area (Å²) >= 11 is 1.56. The molecular formula is C12H19N3O2S. The van der Waals surface area contributed by atoms with Gasteiger partial charge < -0.3 is 10.5 Å². The van der Waals surface area contributed by atoms with Gasteiger partial charge >= 0.3 is 5.97 Å². The molecule has 0 aliphatic carbocycles. The lowest BCUT2D eigenvalue weighted by Gasteiger charge is -2.09. The standard InChI is InChI=1S/C12H19N3O2S/c1-4-6-8(3)18-12-14-7-9(10(13)15-12)11(16)17-5-2/h7-8H,4-6H2,1-3H3,(H2,13,14,15). The van der Waals surface area contributed by atoms with Crippen LogP contribution in [-0.4, -0.2) is 27.8 Å². The van der Waals surface area contributed by atoms with Gasteiger partial charge in [0.1, 0.15) is 11.4 Å². The molecule has 5 nitrogen and oxygen atoms in total. The van der Waals surface area contributed by atoms with Gasteiger partial charge in [-0.25, -0.2) is 14.8 Å². The third kappa shape index (κ3) is 4.18. The van der Waals surface area contributed by atoms with Gasteiger partial charge in [-0.3, -0.25) is 0 Å². The molecule has 18 heavy (non-hydrogen) atoms. The number of hydrogen-bond acceptors (Lipinski definition) is 6. The molecule has 1 atom stereocenters. The maximum Gasteiger partial charge on any atom is 0.343 e. The summed E-state index contributed by atoms with van der Waals surface area (Å²) < 4.78 is 4.86. The molecule has 0 spiro atoms. The number of carbonyl (C=O) groups excluding carboxylic acids is 1. The minimum atomic E-state index is -0.479. The summed E-state index contributed by atoms with van der Waals surface area (Å²) in [6, 6.07) is 0. The SMILES string of the molecule is CCCC(C)Sc1ncc(C(=O)OCC)c(N)n1. The minimum Gasteiger partial charge on any atom is -0.462 e. The first-order valence-corrected chi connectivity index (χ1v) is 6.92. The van der Waals surface area contributed by atoms with Gasteiger partial charge in [0.25, 0.3) is 0 Å². The molecule has 0 saturated heterocycles. The van der Waals surface area contributed by atoms with Gasteiger partial charge in [-0.2, -0.15) is 0 Å². The third-order valence-electron chi connectivity index (χ3n) is 2.29. The Morgan fingerprint density at radius 1 is 1.56 bits per heavy atom. The fourth-order valence-electron chi connectivity index (χ4n) is 1.45. The first-order chi connectivity index (χ1) is 8.58. The fourth-order valence-corrected chi connectivity index (χ4v) is 2.42. The number of ether oxygens (including phenoxy) is 1. The van der Waals surface area contributed by atoms with Crippen molar-refractivity contribution in [2.45, 2.75) is 44.0 Å². The van der Waals surface area contributed by atoms with E-state index in [-0.39, 0.29) is 11.4 Å². The highest BCUT2D eigenvalue weighted by molar-refractivity contribution is 7.99. The van der Waals surface area contributed by atoms with Crippen LogP contribution >= 0.6 is 11.8 Å². The Labute approximate surface area is 112 Å². The van der Waals surface area contributed by atoms with E-state index in [1.807, 2.05) is 0 Å². The lowest BCUT2D eigenvalue weighted by atomic mass is 10.3. The van der Waals surface area contributed by atoms with Crippen molar-refractivity contribution in [2.75, 3.05) is 12.3 Å². The molecule has 6 heteroatoms. The number of thioether (sulfide) groups is 1. The Morgan fingerprint density at radius 2 is 2.28 bits per heavy atom. The predicted molar refractivity (Wildman–Crippen MR) is 72.6 cm³/mol. The van der Waals surface area contributed by atoms with Crippen molar-refractivity contribution in [1.29, 1.82) is 0 Å². The van der Waals surface area contributed by atoms with Gasteiger partial charge in [0.05, 0.1) is 6.61 Å². The van der Waals surface area contributed by atoms with E-state index < -0.39 is 5.97 Å². The Bertz CT molecular complexity index is 412. The minimum absolute atomic E-state index is 0.176. The second-order valence-electron chi connectivity index (χ2n) is 3.89. The van der Waals surface area contributed by atoms with Crippen LogP contribution in [0, 0.1) is 0 Å². The van der Waals surface area contributed by atoms with Gasteiger partial charge in [0.2, 0.25) is 0 Å². The van der Waals surface area contributed by atoms with Crippen LogP contribution in [0.4, 0.5) is 5.82 Å². The number of anilines is 1. The average molecular weight is 269 g/mol. The molecule has 0 aliphatic heterocycles. The molecule has 0 amide bonds. The first kappa shape index (κ1) is 14.8. The number of carbonyl (C=O) groups is 1. The monoisotopic (exact) mass is 269 g/mol. The van der Waals surface area contributed by atoms with Crippen molar-refractivity contribution < 1.29 is 9.53 Å². The van der Waals surface area contributed by atoms with Crippen LogP contribution in [0.25, 0.3) is 0 Å². The maximum atomic E-state index is 11.5. The number of nitrogens with zero attached hydrogens (tertiary/aromatic N) is 2. The van der Waals surface area contributed by atoms with E-state index in [1.54, 1.807) is 18.7 Å². The second kappa shape index (κ2) is 7.20. The zero-order valence-corrected chi connectivity index (χ0v) is 11.8. The van der Waals surface area contributed by atoms with Crippen LogP contribution in [0.3, 0.4) is 0 Å². The van der Waals surface area contributed by atoms with E-state index in [0.29, 0.717) is 17.0 Å². The quantitative estimate of drug-likeness (QED) is 0.485. The molecule has 2 N–H and O–H groups in total. The molecule has 1 rings (SSSR count). The van der Waals surface area contributed by atoms with E-state index in [2.05, 4.69) is 23.8 Å². The zero-order chi connectivity index (χ0) is 13.5. The van der Waals surface area contributed by atoms with E-state index in [9.17, 15) is 4.79 Å². The number of rotatable bonds is 6. The van der Waals surface area contributed by atoms with Crippen LogP contribution in [-0.2, 0) is 4.74 Å². The lowest BCUT2D eigenvalue weighted by molar-refractivity contribution is 0.0526. The highest BCUT2D eigenvalue weighted by Crippen LogP contribution is 2.24. The maximum absolute atomic E-state index is 11.5. The number of esters is 1. The van der Waals surface area contributed by atoms with Crippen molar-refractivity contribution in [3.8, 4) is 0 Å². The summed E-state index contributed by atoms with van der Waals surface area (Å²) in [6.07, 6.45) is 3.64. The van der Waals surface area contributed by atoms with Crippen molar-refractivity contribution >= 4 is 23.5 Å². The van der Waals surface area contributed by atoms with Crippen LogP contribution in [0.1, 0.15) is 44.0 Å². The summed E-state index contributed by atoms with van der Waals surface area (Å²) in [5.41, 5.74) is 5.96. The summed E-state index contributed by atoms with van der Waals surface area (Å²) in [5.74, 6) is -0.303. The predicted octanol–water partition coefficient (Wildman–Crippen LogP) is 2.52. The molecule has 100 valence electrons. The van der Waals surface area contributed by atoms with Crippen LogP contribution in [0.15, 0.2) is 11.4 Å². The number of nitrogens with two attached hydrogens (primary N) is 1. The Morgan fingerprint density at radius 3 is 2.83 bits per heavy atom. The summed E-state index contributed by atoms with van der Waals surface area (Å²) in [4.78, 5) is 19.8. The molecule has 1 heterocycles. The van der Waals surface area contributed by atoms with Crippen LogP contribution in [0.5, 0.6) is 0 Å². The largest absolute Gasteiger partial charge is 0.462 e. The number of nitrogen functional groups attached to an aromatic ring is 1. The molecule has 0 bridgehead atoms. The number of aromatic nitrogens is 2. The average Bonchev–Trinajstić information content (AvgIpc) is 2.29. The fraction of sp³-hybridized carbons (Fsp3) is 0.583. The molecule has 1 unspecified atom stereocenters. The summed E-state index contributed by atoms with van der Waals surface area (Å²) in [6.45, 7) is 6.30. The Balaban J connectivity index is 2.76. The molecule has 1 aromatic heterocycles. The van der Waals surface area contributed by atoms with Crippen LogP contribution < -0.4 is 5.73 Å². The van der Waals surface area contributed by atoms with E-state index in [4.69, 9.17) is 10.5 Å². The van der Waals surface area contributed by atoms with Gasteiger partial charge in [-0.05, 0) is 13.3 Å². The van der Waals surface area contributed by atoms with Crippen LogP contribution in [0.2, 0.25) is 0 Å². The molecule has 0 radical (unpaired) electrons. The smallest absolute Gasteiger partial charge is 0.343 e. The Hall–Kier alpha value is -1.30. The topological polar surface area (TPSA) is 78.1 Å². The molecular weight excluding hydrogens is 250 g/mol. The Kier molecular flexibility index (Phi) is 5.91. The van der Waals surface area contributed by atoms with Gasteiger partial charge in [0.15, 0.2) is 5.16 Å². The van der Waals surface area contributed by atoms with E-state index in [0.717, 1.165) is 12.8 Å². The molecule has 0 saturated carbocycles. The summed E-state index contributed by atoms with van der Waals surface area (Å²) in [5, 5.41) is 1.03. The van der Waals surface area contributed by atoms with Gasteiger partial charge in [0, 0.05) is 11.4 Å². The molecule has 1 aromatic rings. The molecule has 0 aliphatic rings. The van der Waals surface area contributed by atoms with E-state index in [1.165, 1.54) is 6.20 Å². The van der Waals surface area contributed by atoms with Crippen molar-refractivity contribution in [1.82, 2.24) is 9.97 Å². The molecule has 0 fully saturated rings. The van der Waals surface area contributed by atoms with Crippen molar-refractivity contribution in [3.05, 3.63) is 11.8 Å². The van der Waals surface area contributed by atoms with Crippen molar-refractivity contribution in [3.63, 3.8) is 0 Å². The van der Waals surface area contributed by atoms with Gasteiger partial charge in [-0.1, -0.05) is 32.0 Å². The number of hydrogen-bond donors (Lipinski definition) is 1. The normalized spacial score (nSPS) is 12.2. The van der Waals surface area contributed by atoms with Crippen molar-refractivity contribution in [2.24, 2.45) is 0 Å². The highest BCUT2D eigenvalue weighted by atomic mass is 32.2. The third-order valence-corrected chi connectivity index (χ3v) is 3.34. The lowest BCUT2D eigenvalue weighted by Crippen LogP contribution is -2.11. The second-order valence-corrected chi connectivity index (χ2v) is 5.29. The first-order valence-electron chi connectivity index (χ1n) is 6.04. The molecule has 0 aromatic carbocycles. The highest BCUT2D eigenvalue weighted by Gasteiger charge is 2.14. The van der Waals surface area contributed by atoms with E-state index >= 15 is 0 Å². The summed E-state index contributed by atoms with van der Waals surface area (Å²) in [7, 11) is 0. The van der Waals surface area contributed by atoms with Gasteiger partial charge in [-0.15, -0.1) is 0 Å². The zero-order valence-electron chi connectivity index (χ0n) is 11.0.